The number of aromatic hydroxyl groups is 2. The van der Waals surface area contributed by atoms with Crippen LogP contribution < -0.4 is 0 Å². The van der Waals surface area contributed by atoms with Crippen molar-refractivity contribution in [2.45, 2.75) is 53.9 Å². The van der Waals surface area contributed by atoms with E-state index in [-0.39, 0.29) is 16.7 Å². The lowest BCUT2D eigenvalue weighted by Gasteiger charge is -2.32. The number of allylic oxidation sites excluding steroid dienone is 9. The number of ether oxygens (including phenoxy) is 1. The first-order valence-electron chi connectivity index (χ1n) is 11.1. The van der Waals surface area contributed by atoms with Crippen molar-refractivity contribution in [3.8, 4) is 11.5 Å². The molecular formula is C28H34O5. The van der Waals surface area contributed by atoms with Crippen molar-refractivity contribution < 1.29 is 24.5 Å². The van der Waals surface area contributed by atoms with Crippen LogP contribution in [0.4, 0.5) is 0 Å². The molecule has 1 aliphatic carbocycles. The number of esters is 1. The fraction of sp³-hybridized carbons (Fsp3) is 0.357. The van der Waals surface area contributed by atoms with E-state index in [1.54, 1.807) is 13.0 Å². The monoisotopic (exact) mass is 450 g/mol. The number of hydrogen-bond donors (Lipinski definition) is 2. The maximum absolute atomic E-state index is 12.1. The van der Waals surface area contributed by atoms with Crippen molar-refractivity contribution in [1.29, 1.82) is 0 Å². The number of Topliss-reactive ketones (excluding diaryl/α,β-unsaturated/α-hetero) is 1. The van der Waals surface area contributed by atoms with Crippen LogP contribution in [0, 0.1) is 5.41 Å². The second-order valence-electron chi connectivity index (χ2n) is 9.16. The van der Waals surface area contributed by atoms with Crippen molar-refractivity contribution in [3.63, 3.8) is 0 Å². The molecule has 0 aliphatic heterocycles. The van der Waals surface area contributed by atoms with Gasteiger partial charge < -0.3 is 14.9 Å². The second kappa shape index (κ2) is 11.5. The summed E-state index contributed by atoms with van der Waals surface area (Å²) in [5, 5.41) is 18.8. The topological polar surface area (TPSA) is 83.8 Å². The van der Waals surface area contributed by atoms with Crippen molar-refractivity contribution >= 4 is 11.8 Å². The zero-order chi connectivity index (χ0) is 24.6. The van der Waals surface area contributed by atoms with Crippen LogP contribution in [0.5, 0.6) is 11.5 Å². The first-order valence-corrected chi connectivity index (χ1v) is 11.1. The van der Waals surface area contributed by atoms with Gasteiger partial charge in [-0.25, -0.2) is 4.79 Å². The van der Waals surface area contributed by atoms with Gasteiger partial charge in [-0.15, -0.1) is 0 Å². The Labute approximate surface area is 196 Å². The summed E-state index contributed by atoms with van der Waals surface area (Å²) >= 11 is 0. The maximum atomic E-state index is 12.1. The Hall–Kier alpha value is -3.34. The number of benzene rings is 1. The summed E-state index contributed by atoms with van der Waals surface area (Å²) in [5.41, 5.74) is 5.03. The average Bonchev–Trinajstić information content (AvgIpc) is 2.73. The van der Waals surface area contributed by atoms with Crippen LogP contribution in [0.25, 0.3) is 0 Å². The van der Waals surface area contributed by atoms with Gasteiger partial charge in [-0.3, -0.25) is 4.79 Å². The minimum absolute atomic E-state index is 0.148. The van der Waals surface area contributed by atoms with Gasteiger partial charge in [-0.05, 0) is 74.8 Å². The third-order valence-corrected chi connectivity index (χ3v) is 5.76. The molecule has 2 rings (SSSR count). The van der Waals surface area contributed by atoms with E-state index in [0.29, 0.717) is 5.57 Å². The molecule has 176 valence electrons. The standard InChI is InChI=1S/C28H34O5/c1-19(11-13-23-21(3)10-7-15-28(23,4)5)8-6-9-20(2)16-27(32)33-18-26(31)22-12-14-24(29)25(30)17-22/h6,8-9,11-14,16-17,29-30H,7,10,15,18H2,1-5H3. The molecule has 33 heavy (non-hydrogen) atoms. The highest BCUT2D eigenvalue weighted by Crippen LogP contribution is 2.40. The molecule has 1 aromatic carbocycles. The molecule has 5 nitrogen and oxygen atoms in total. The maximum Gasteiger partial charge on any atom is 0.331 e. The van der Waals surface area contributed by atoms with Crippen molar-refractivity contribution in [2.24, 2.45) is 5.41 Å². The van der Waals surface area contributed by atoms with Gasteiger partial charge in [0.2, 0.25) is 0 Å². The molecule has 0 radical (unpaired) electrons. The Balaban J connectivity index is 1.90. The largest absolute Gasteiger partial charge is 0.504 e. The molecule has 0 saturated carbocycles. The second-order valence-corrected chi connectivity index (χ2v) is 9.16. The number of carbonyl (C=O) groups is 2. The van der Waals surface area contributed by atoms with E-state index < -0.39 is 24.1 Å². The summed E-state index contributed by atoms with van der Waals surface area (Å²) in [6.07, 6.45) is 14.9. The number of ketones is 1. The zero-order valence-corrected chi connectivity index (χ0v) is 20.1. The molecule has 0 heterocycles. The molecular weight excluding hydrogens is 416 g/mol. The fourth-order valence-electron chi connectivity index (χ4n) is 3.82. The molecule has 1 aliphatic rings. The average molecular weight is 451 g/mol. The summed E-state index contributed by atoms with van der Waals surface area (Å²) in [5.74, 6) is -1.83. The van der Waals surface area contributed by atoms with Gasteiger partial charge in [0.1, 0.15) is 0 Å². The lowest BCUT2D eigenvalue weighted by atomic mass is 9.72. The van der Waals surface area contributed by atoms with E-state index in [9.17, 15) is 19.8 Å². The molecule has 1 aromatic rings. The third-order valence-electron chi connectivity index (χ3n) is 5.76. The molecule has 0 fully saturated rings. The van der Waals surface area contributed by atoms with Gasteiger partial charge in [-0.1, -0.05) is 55.4 Å². The predicted molar refractivity (Wildman–Crippen MR) is 131 cm³/mol. The van der Waals surface area contributed by atoms with Crippen LogP contribution in [0.3, 0.4) is 0 Å². The smallest absolute Gasteiger partial charge is 0.331 e. The van der Waals surface area contributed by atoms with Crippen LogP contribution in [0.1, 0.15) is 64.2 Å². The number of carbonyl (C=O) groups excluding carboxylic acids is 2. The SMILES string of the molecule is CC(C=CC1=C(C)CCCC1(C)C)=CC=CC(C)=CC(=O)OCC(=O)c1ccc(O)c(O)c1. The predicted octanol–water partition coefficient (Wildman–Crippen LogP) is 6.36. The minimum atomic E-state index is -0.629. The van der Waals surface area contributed by atoms with Crippen LogP contribution in [-0.4, -0.2) is 28.6 Å². The van der Waals surface area contributed by atoms with E-state index in [2.05, 4.69) is 32.9 Å². The highest BCUT2D eigenvalue weighted by Gasteiger charge is 2.26. The number of phenols is 2. The lowest BCUT2D eigenvalue weighted by molar-refractivity contribution is -0.136. The first-order chi connectivity index (χ1) is 15.5. The molecule has 0 amide bonds. The highest BCUT2D eigenvalue weighted by atomic mass is 16.5. The summed E-state index contributed by atoms with van der Waals surface area (Å²) in [4.78, 5) is 24.0. The van der Waals surface area contributed by atoms with Crippen molar-refractivity contribution in [2.75, 3.05) is 6.61 Å². The quantitative estimate of drug-likeness (QED) is 0.158. The highest BCUT2D eigenvalue weighted by molar-refractivity contribution is 5.99. The van der Waals surface area contributed by atoms with E-state index in [1.165, 1.54) is 42.2 Å². The Bertz CT molecular complexity index is 1050. The first kappa shape index (κ1) is 25.9. The summed E-state index contributed by atoms with van der Waals surface area (Å²) in [6.45, 7) is 10.2. The Morgan fingerprint density at radius 2 is 1.82 bits per heavy atom. The third kappa shape index (κ3) is 7.94. The number of rotatable bonds is 8. The van der Waals surface area contributed by atoms with Crippen molar-refractivity contribution in [1.82, 2.24) is 0 Å². The van der Waals surface area contributed by atoms with E-state index in [4.69, 9.17) is 4.74 Å². The molecule has 2 N–H and O–H groups in total. The molecule has 0 atom stereocenters. The Kier molecular flexibility index (Phi) is 9.03. The van der Waals surface area contributed by atoms with Gasteiger partial charge in [0, 0.05) is 11.6 Å². The van der Waals surface area contributed by atoms with Gasteiger partial charge >= 0.3 is 5.97 Å². The molecule has 0 bridgehead atoms. The van der Waals surface area contributed by atoms with Crippen LogP contribution >= 0.6 is 0 Å². The lowest BCUT2D eigenvalue weighted by Crippen LogP contribution is -2.19. The fourth-order valence-corrected chi connectivity index (χ4v) is 3.82. The minimum Gasteiger partial charge on any atom is -0.504 e. The molecule has 0 saturated heterocycles. The number of phenolic OH excluding ortho intramolecular Hbond substituents is 2. The molecule has 0 unspecified atom stereocenters. The summed E-state index contributed by atoms with van der Waals surface area (Å²) in [7, 11) is 0. The van der Waals surface area contributed by atoms with Crippen LogP contribution in [0.2, 0.25) is 0 Å². The summed E-state index contributed by atoms with van der Waals surface area (Å²) < 4.78 is 4.99. The van der Waals surface area contributed by atoms with Gasteiger partial charge in [0.15, 0.2) is 23.9 Å². The molecule has 0 aromatic heterocycles. The van der Waals surface area contributed by atoms with Gasteiger partial charge in [0.05, 0.1) is 0 Å². The van der Waals surface area contributed by atoms with Gasteiger partial charge in [0.25, 0.3) is 0 Å². The van der Waals surface area contributed by atoms with Crippen LogP contribution in [0.15, 0.2) is 76.9 Å². The van der Waals surface area contributed by atoms with Crippen molar-refractivity contribution in [3.05, 3.63) is 82.5 Å². The zero-order valence-electron chi connectivity index (χ0n) is 20.1. The summed E-state index contributed by atoms with van der Waals surface area (Å²) in [6, 6.07) is 3.69. The molecule has 5 heteroatoms. The molecule has 0 spiro atoms. The normalized spacial score (nSPS) is 17.1. The van der Waals surface area contributed by atoms with E-state index in [1.807, 2.05) is 19.1 Å². The van der Waals surface area contributed by atoms with E-state index >= 15 is 0 Å². The van der Waals surface area contributed by atoms with Crippen LogP contribution in [-0.2, 0) is 9.53 Å². The Morgan fingerprint density at radius 1 is 1.09 bits per heavy atom. The Morgan fingerprint density at radius 3 is 2.48 bits per heavy atom. The number of hydrogen-bond acceptors (Lipinski definition) is 5. The van der Waals surface area contributed by atoms with Gasteiger partial charge in [-0.2, -0.15) is 0 Å². The van der Waals surface area contributed by atoms with E-state index in [0.717, 1.165) is 18.1 Å².